The second-order valence-electron chi connectivity index (χ2n) is 6.78. The van der Waals surface area contributed by atoms with Crippen LogP contribution in [0.1, 0.15) is 12.8 Å². The van der Waals surface area contributed by atoms with E-state index in [0.29, 0.717) is 26.3 Å². The number of ether oxygens (including phenoxy) is 3. The average molecular weight is 328 g/mol. The Morgan fingerprint density at radius 2 is 1.26 bits per heavy atom. The summed E-state index contributed by atoms with van der Waals surface area (Å²) < 4.78 is 16.4. The molecule has 0 saturated carbocycles. The fourth-order valence-corrected chi connectivity index (χ4v) is 3.13. The van der Waals surface area contributed by atoms with Crippen LogP contribution in [-0.4, -0.2) is 88.4 Å². The first-order chi connectivity index (χ1) is 10.9. The van der Waals surface area contributed by atoms with E-state index in [9.17, 15) is 9.59 Å². The van der Waals surface area contributed by atoms with Crippen LogP contribution in [0.3, 0.4) is 0 Å². The third-order valence-corrected chi connectivity index (χ3v) is 4.38. The highest BCUT2D eigenvalue weighted by Gasteiger charge is 2.56. The fourth-order valence-electron chi connectivity index (χ4n) is 3.13. The molecule has 2 aliphatic heterocycles. The lowest BCUT2D eigenvalue weighted by molar-refractivity contribution is -0.161. The molecule has 0 radical (unpaired) electrons. The van der Waals surface area contributed by atoms with Crippen molar-refractivity contribution < 1.29 is 23.8 Å². The van der Waals surface area contributed by atoms with Crippen LogP contribution in [-0.2, 0) is 23.8 Å². The highest BCUT2D eigenvalue weighted by molar-refractivity contribution is 5.84. The zero-order valence-corrected chi connectivity index (χ0v) is 14.5. The van der Waals surface area contributed by atoms with Crippen LogP contribution in [0.4, 0.5) is 0 Å². The molecule has 2 bridgehead atoms. The van der Waals surface area contributed by atoms with Gasteiger partial charge in [0.1, 0.15) is 13.2 Å². The normalized spacial score (nSPS) is 29.3. The zero-order valence-electron chi connectivity index (χ0n) is 14.5. The summed E-state index contributed by atoms with van der Waals surface area (Å²) in [7, 11) is 7.66. The molecule has 7 heteroatoms. The minimum Gasteiger partial charge on any atom is -0.464 e. The summed E-state index contributed by atoms with van der Waals surface area (Å²) in [4.78, 5) is 28.6. The predicted octanol–water partition coefficient (Wildman–Crippen LogP) is -0.0104. The predicted molar refractivity (Wildman–Crippen MR) is 83.9 cm³/mol. The van der Waals surface area contributed by atoms with Crippen LogP contribution in [0, 0.1) is 11.8 Å². The number of likely N-dealkylation sites (N-methyl/N-ethyl adjacent to an activating group) is 2. The van der Waals surface area contributed by atoms with E-state index in [2.05, 4.69) is 0 Å². The molecule has 7 nitrogen and oxygen atoms in total. The van der Waals surface area contributed by atoms with Crippen molar-refractivity contribution >= 4 is 11.9 Å². The highest BCUT2D eigenvalue weighted by atomic mass is 16.6. The van der Waals surface area contributed by atoms with Crippen molar-refractivity contribution in [2.75, 3.05) is 54.5 Å². The van der Waals surface area contributed by atoms with Gasteiger partial charge in [0, 0.05) is 13.1 Å². The van der Waals surface area contributed by atoms with E-state index >= 15 is 0 Å². The molecule has 0 aromatic heterocycles. The molecule has 0 aromatic rings. The van der Waals surface area contributed by atoms with Crippen molar-refractivity contribution in [3.63, 3.8) is 0 Å². The summed E-state index contributed by atoms with van der Waals surface area (Å²) in [5, 5.41) is 0. The number of rotatable bonds is 8. The molecular weight excluding hydrogens is 300 g/mol. The molecule has 0 unspecified atom stereocenters. The van der Waals surface area contributed by atoms with Gasteiger partial charge in [-0.15, -0.1) is 0 Å². The maximum absolute atomic E-state index is 12.4. The monoisotopic (exact) mass is 328 g/mol. The molecule has 0 spiro atoms. The molecule has 0 aromatic carbocycles. The van der Waals surface area contributed by atoms with Gasteiger partial charge in [-0.3, -0.25) is 9.59 Å². The first kappa shape index (κ1) is 18.2. The smallest absolute Gasteiger partial charge is 0.312 e. The number of hydrogen-bond acceptors (Lipinski definition) is 7. The van der Waals surface area contributed by atoms with E-state index in [1.807, 2.05) is 38.0 Å². The number of carbonyl (C=O) groups excluding carboxylic acids is 2. The third kappa shape index (κ3) is 4.65. The molecule has 0 aliphatic carbocycles. The zero-order chi connectivity index (χ0) is 17.0. The van der Waals surface area contributed by atoms with Gasteiger partial charge in [-0.1, -0.05) is 0 Å². The topological polar surface area (TPSA) is 68.3 Å². The van der Waals surface area contributed by atoms with Crippen molar-refractivity contribution in [1.29, 1.82) is 0 Å². The Morgan fingerprint density at radius 1 is 0.870 bits per heavy atom. The van der Waals surface area contributed by atoms with Gasteiger partial charge >= 0.3 is 11.9 Å². The van der Waals surface area contributed by atoms with Gasteiger partial charge in [-0.2, -0.15) is 0 Å². The van der Waals surface area contributed by atoms with Crippen LogP contribution in [0.2, 0.25) is 0 Å². The van der Waals surface area contributed by atoms with Crippen LogP contribution >= 0.6 is 0 Å². The molecule has 2 saturated heterocycles. The van der Waals surface area contributed by atoms with Gasteiger partial charge in [0.2, 0.25) is 0 Å². The standard InChI is InChI=1S/C16H28N2O5/c1-17(2)7-9-21-15(19)13-11-5-6-12(23-11)14(13)16(20)22-10-8-18(3)4/h11-14H,5-10H2,1-4H3/t11-,12+,13-,14+. The molecule has 2 heterocycles. The Labute approximate surface area is 137 Å². The van der Waals surface area contributed by atoms with Gasteiger partial charge in [0.15, 0.2) is 0 Å². The van der Waals surface area contributed by atoms with Crippen LogP contribution in [0.5, 0.6) is 0 Å². The van der Waals surface area contributed by atoms with Crippen molar-refractivity contribution in [1.82, 2.24) is 9.80 Å². The highest BCUT2D eigenvalue weighted by Crippen LogP contribution is 2.44. The Morgan fingerprint density at radius 3 is 1.61 bits per heavy atom. The van der Waals surface area contributed by atoms with E-state index in [-0.39, 0.29) is 24.1 Å². The molecule has 23 heavy (non-hydrogen) atoms. The summed E-state index contributed by atoms with van der Waals surface area (Å²) in [6.45, 7) is 1.96. The lowest BCUT2D eigenvalue weighted by Gasteiger charge is -2.25. The summed E-state index contributed by atoms with van der Waals surface area (Å²) in [5.41, 5.74) is 0. The average Bonchev–Trinajstić information content (AvgIpc) is 3.06. The number of nitrogens with zero attached hydrogens (tertiary/aromatic N) is 2. The summed E-state index contributed by atoms with van der Waals surface area (Å²) in [5.74, 6) is -1.73. The Kier molecular flexibility index (Phi) is 6.38. The van der Waals surface area contributed by atoms with E-state index in [1.165, 1.54) is 0 Å². The molecule has 2 rings (SSSR count). The molecule has 0 N–H and O–H groups in total. The second kappa shape index (κ2) is 8.08. The minimum absolute atomic E-state index is 0.210. The quantitative estimate of drug-likeness (QED) is 0.581. The van der Waals surface area contributed by atoms with Gasteiger partial charge in [0.25, 0.3) is 0 Å². The lowest BCUT2D eigenvalue weighted by atomic mass is 9.79. The van der Waals surface area contributed by atoms with Crippen LogP contribution in [0.15, 0.2) is 0 Å². The number of fused-ring (bicyclic) bond motifs is 2. The van der Waals surface area contributed by atoms with E-state index in [1.54, 1.807) is 0 Å². The Hall–Kier alpha value is -1.18. The molecule has 4 atom stereocenters. The van der Waals surface area contributed by atoms with E-state index in [0.717, 1.165) is 12.8 Å². The van der Waals surface area contributed by atoms with Gasteiger partial charge < -0.3 is 24.0 Å². The van der Waals surface area contributed by atoms with Crippen molar-refractivity contribution in [3.05, 3.63) is 0 Å². The van der Waals surface area contributed by atoms with Crippen molar-refractivity contribution in [3.8, 4) is 0 Å². The van der Waals surface area contributed by atoms with Crippen molar-refractivity contribution in [2.45, 2.75) is 25.0 Å². The lowest BCUT2D eigenvalue weighted by Crippen LogP contribution is -2.41. The first-order valence-corrected chi connectivity index (χ1v) is 8.18. The summed E-state index contributed by atoms with van der Waals surface area (Å²) >= 11 is 0. The second-order valence-corrected chi connectivity index (χ2v) is 6.78. The van der Waals surface area contributed by atoms with Crippen LogP contribution < -0.4 is 0 Å². The fraction of sp³-hybridized carbons (Fsp3) is 0.875. The minimum atomic E-state index is -0.525. The largest absolute Gasteiger partial charge is 0.464 e. The molecule has 2 aliphatic rings. The molecule has 132 valence electrons. The first-order valence-electron chi connectivity index (χ1n) is 8.18. The van der Waals surface area contributed by atoms with E-state index < -0.39 is 11.8 Å². The Balaban J connectivity index is 1.91. The van der Waals surface area contributed by atoms with E-state index in [4.69, 9.17) is 14.2 Å². The van der Waals surface area contributed by atoms with Gasteiger partial charge in [0.05, 0.1) is 24.0 Å². The maximum atomic E-state index is 12.4. The Bertz CT molecular complexity index is 389. The molecule has 2 fully saturated rings. The van der Waals surface area contributed by atoms with Gasteiger partial charge in [-0.05, 0) is 41.0 Å². The maximum Gasteiger partial charge on any atom is 0.312 e. The number of esters is 2. The number of carbonyl (C=O) groups is 2. The molecular formula is C16H28N2O5. The van der Waals surface area contributed by atoms with Gasteiger partial charge in [-0.25, -0.2) is 0 Å². The third-order valence-electron chi connectivity index (χ3n) is 4.38. The van der Waals surface area contributed by atoms with Crippen molar-refractivity contribution in [2.24, 2.45) is 11.8 Å². The van der Waals surface area contributed by atoms with Crippen LogP contribution in [0.25, 0.3) is 0 Å². The summed E-state index contributed by atoms with van der Waals surface area (Å²) in [6.07, 6.45) is 1.19. The SMILES string of the molecule is CN(C)CCOC(=O)[C@@H]1[C@H](C(=O)OCCN(C)C)[C@H]2CC[C@@H]1O2. The number of hydrogen-bond donors (Lipinski definition) is 0. The molecule has 0 amide bonds. The summed E-state index contributed by atoms with van der Waals surface area (Å²) in [6, 6.07) is 0.